The molecule has 0 amide bonds. The van der Waals surface area contributed by atoms with Crippen molar-refractivity contribution >= 4 is 41.3 Å². The van der Waals surface area contributed by atoms with E-state index in [1.165, 1.54) is 37.7 Å². The molecule has 1 fully saturated rings. The molecule has 1 aromatic heterocycles. The molecular formula is C17H31IN4S. The molecule has 0 aromatic carbocycles. The highest BCUT2D eigenvalue weighted by Crippen LogP contribution is 2.28. The summed E-state index contributed by atoms with van der Waals surface area (Å²) >= 11 is 1.73. The van der Waals surface area contributed by atoms with E-state index in [4.69, 9.17) is 0 Å². The van der Waals surface area contributed by atoms with Gasteiger partial charge in [0.2, 0.25) is 0 Å². The van der Waals surface area contributed by atoms with Crippen molar-refractivity contribution in [2.75, 3.05) is 27.7 Å². The number of aliphatic imine (C=N–C) groups is 1. The Morgan fingerprint density at radius 2 is 2.04 bits per heavy atom. The van der Waals surface area contributed by atoms with E-state index in [1.54, 1.807) is 11.3 Å². The molecule has 6 heteroatoms. The molecule has 0 radical (unpaired) electrons. The predicted octanol–water partition coefficient (Wildman–Crippen LogP) is 3.54. The third-order valence-electron chi connectivity index (χ3n) is 4.60. The lowest BCUT2D eigenvalue weighted by Crippen LogP contribution is -2.48. The van der Waals surface area contributed by atoms with Gasteiger partial charge in [-0.15, -0.1) is 24.0 Å². The minimum Gasteiger partial charge on any atom is -0.355 e. The fourth-order valence-corrected chi connectivity index (χ4v) is 3.96. The van der Waals surface area contributed by atoms with Gasteiger partial charge in [-0.3, -0.25) is 4.99 Å². The Balaban J connectivity index is 0.00000264. The number of likely N-dealkylation sites (N-methyl/N-ethyl adjacent to an activating group) is 1. The van der Waals surface area contributed by atoms with Crippen LogP contribution in [0.25, 0.3) is 0 Å². The van der Waals surface area contributed by atoms with E-state index in [1.807, 2.05) is 7.05 Å². The fourth-order valence-electron chi connectivity index (χ4n) is 3.29. The number of hydrogen-bond acceptors (Lipinski definition) is 3. The number of thiophene rings is 1. The maximum absolute atomic E-state index is 4.34. The van der Waals surface area contributed by atoms with E-state index < -0.39 is 0 Å². The molecule has 1 saturated carbocycles. The quantitative estimate of drug-likeness (QED) is 0.396. The molecule has 23 heavy (non-hydrogen) atoms. The molecule has 1 atom stereocenters. The number of rotatable bonds is 6. The van der Waals surface area contributed by atoms with Crippen LogP contribution in [0.3, 0.4) is 0 Å². The molecular weight excluding hydrogens is 419 g/mol. The molecule has 2 N–H and O–H groups in total. The maximum atomic E-state index is 4.34. The first-order chi connectivity index (χ1) is 10.7. The number of guanidine groups is 1. The highest BCUT2D eigenvalue weighted by molar-refractivity contribution is 14.0. The van der Waals surface area contributed by atoms with Gasteiger partial charge in [0.25, 0.3) is 0 Å². The Kier molecular flexibility index (Phi) is 10.1. The predicted molar refractivity (Wildman–Crippen MR) is 112 cm³/mol. The van der Waals surface area contributed by atoms with Crippen LogP contribution in [0.15, 0.2) is 21.8 Å². The third kappa shape index (κ3) is 6.97. The normalized spacial score (nSPS) is 17.7. The van der Waals surface area contributed by atoms with Gasteiger partial charge in [-0.25, -0.2) is 0 Å². The largest absolute Gasteiger partial charge is 0.355 e. The monoisotopic (exact) mass is 450 g/mol. The number of nitrogens with zero attached hydrogens (tertiary/aromatic N) is 2. The zero-order valence-electron chi connectivity index (χ0n) is 14.5. The summed E-state index contributed by atoms with van der Waals surface area (Å²) in [5.41, 5.74) is 1.31. The Morgan fingerprint density at radius 3 is 2.61 bits per heavy atom. The molecule has 1 aromatic rings. The minimum atomic E-state index is 0. The fraction of sp³-hybridized carbons (Fsp3) is 0.706. The van der Waals surface area contributed by atoms with Crippen molar-refractivity contribution in [3.63, 3.8) is 0 Å². The summed E-state index contributed by atoms with van der Waals surface area (Å²) in [4.78, 5) is 6.71. The van der Waals surface area contributed by atoms with Crippen LogP contribution in [-0.2, 0) is 6.54 Å². The standard InChI is InChI=1S/C17H30N4S.HI/c1-18-17(19-11-14-9-10-22-13-14)20-12-16(21(2)3)15-7-5-4-6-8-15;/h9-10,13,15-16H,4-8,11-12H2,1-3H3,(H2,18,19,20);1H. The van der Waals surface area contributed by atoms with Gasteiger partial charge >= 0.3 is 0 Å². The van der Waals surface area contributed by atoms with E-state index in [0.717, 1.165) is 25.0 Å². The second-order valence-electron chi connectivity index (χ2n) is 6.37. The van der Waals surface area contributed by atoms with Crippen LogP contribution >= 0.6 is 35.3 Å². The molecule has 132 valence electrons. The molecule has 1 heterocycles. The van der Waals surface area contributed by atoms with Crippen LogP contribution < -0.4 is 10.6 Å². The van der Waals surface area contributed by atoms with E-state index in [-0.39, 0.29) is 24.0 Å². The summed E-state index contributed by atoms with van der Waals surface area (Å²) in [5.74, 6) is 1.71. The van der Waals surface area contributed by atoms with E-state index in [9.17, 15) is 0 Å². The second kappa shape index (κ2) is 11.3. The van der Waals surface area contributed by atoms with Crippen molar-refractivity contribution in [3.05, 3.63) is 22.4 Å². The second-order valence-corrected chi connectivity index (χ2v) is 7.15. The van der Waals surface area contributed by atoms with Gasteiger partial charge in [-0.05, 0) is 55.2 Å². The lowest BCUT2D eigenvalue weighted by molar-refractivity contribution is 0.171. The zero-order chi connectivity index (χ0) is 15.8. The van der Waals surface area contributed by atoms with E-state index in [2.05, 4.69) is 51.4 Å². The zero-order valence-corrected chi connectivity index (χ0v) is 17.7. The van der Waals surface area contributed by atoms with Gasteiger partial charge in [-0.2, -0.15) is 11.3 Å². The molecule has 0 saturated heterocycles. The maximum Gasteiger partial charge on any atom is 0.191 e. The third-order valence-corrected chi connectivity index (χ3v) is 5.33. The van der Waals surface area contributed by atoms with Gasteiger partial charge in [-0.1, -0.05) is 19.3 Å². The van der Waals surface area contributed by atoms with Crippen molar-refractivity contribution < 1.29 is 0 Å². The number of halogens is 1. The summed E-state index contributed by atoms with van der Waals surface area (Å²) in [5, 5.41) is 11.2. The smallest absolute Gasteiger partial charge is 0.191 e. The lowest BCUT2D eigenvalue weighted by atomic mass is 9.83. The summed E-state index contributed by atoms with van der Waals surface area (Å²) in [6.45, 7) is 1.79. The van der Waals surface area contributed by atoms with Gasteiger partial charge in [0.15, 0.2) is 5.96 Å². The average molecular weight is 450 g/mol. The molecule has 0 spiro atoms. The van der Waals surface area contributed by atoms with Crippen LogP contribution in [-0.4, -0.2) is 44.6 Å². The summed E-state index contributed by atoms with van der Waals surface area (Å²) in [7, 11) is 6.24. The summed E-state index contributed by atoms with van der Waals surface area (Å²) in [6, 6.07) is 2.73. The SMILES string of the molecule is CN=C(NCc1ccsc1)NCC(C1CCCCC1)N(C)C.I. The topological polar surface area (TPSA) is 39.7 Å². The van der Waals surface area contributed by atoms with E-state index >= 15 is 0 Å². The van der Waals surface area contributed by atoms with Gasteiger partial charge < -0.3 is 15.5 Å². The molecule has 0 bridgehead atoms. The highest BCUT2D eigenvalue weighted by atomic mass is 127. The Morgan fingerprint density at radius 1 is 1.30 bits per heavy atom. The van der Waals surface area contributed by atoms with Crippen molar-refractivity contribution in [3.8, 4) is 0 Å². The van der Waals surface area contributed by atoms with Gasteiger partial charge in [0.1, 0.15) is 0 Å². The van der Waals surface area contributed by atoms with Gasteiger partial charge in [0.05, 0.1) is 0 Å². The Labute approximate surface area is 162 Å². The van der Waals surface area contributed by atoms with Gasteiger partial charge in [0, 0.05) is 26.2 Å². The van der Waals surface area contributed by atoms with Crippen molar-refractivity contribution in [1.82, 2.24) is 15.5 Å². The summed E-state index contributed by atoms with van der Waals surface area (Å²) in [6.07, 6.45) is 6.92. The van der Waals surface area contributed by atoms with E-state index in [0.29, 0.717) is 6.04 Å². The van der Waals surface area contributed by atoms with Crippen molar-refractivity contribution in [2.24, 2.45) is 10.9 Å². The molecule has 0 aliphatic heterocycles. The van der Waals surface area contributed by atoms with Crippen molar-refractivity contribution in [2.45, 2.75) is 44.7 Å². The molecule has 4 nitrogen and oxygen atoms in total. The first-order valence-corrected chi connectivity index (χ1v) is 9.27. The lowest BCUT2D eigenvalue weighted by Gasteiger charge is -2.35. The minimum absolute atomic E-state index is 0. The number of nitrogens with one attached hydrogen (secondary N) is 2. The first-order valence-electron chi connectivity index (χ1n) is 8.32. The van der Waals surface area contributed by atoms with Crippen LogP contribution in [0.1, 0.15) is 37.7 Å². The molecule has 1 aliphatic rings. The Bertz CT molecular complexity index is 441. The average Bonchev–Trinajstić information content (AvgIpc) is 3.04. The molecule has 2 rings (SSSR count). The van der Waals surface area contributed by atoms with Crippen LogP contribution in [0.5, 0.6) is 0 Å². The van der Waals surface area contributed by atoms with Crippen molar-refractivity contribution in [1.29, 1.82) is 0 Å². The van der Waals surface area contributed by atoms with Crippen LogP contribution in [0.4, 0.5) is 0 Å². The van der Waals surface area contributed by atoms with Crippen LogP contribution in [0.2, 0.25) is 0 Å². The first kappa shape index (κ1) is 20.7. The highest BCUT2D eigenvalue weighted by Gasteiger charge is 2.25. The number of hydrogen-bond donors (Lipinski definition) is 2. The summed E-state index contributed by atoms with van der Waals surface area (Å²) < 4.78 is 0. The molecule has 1 aliphatic carbocycles. The molecule has 1 unspecified atom stereocenters. The Hall–Kier alpha value is -0.340. The van der Waals surface area contributed by atoms with Crippen LogP contribution in [0, 0.1) is 5.92 Å².